The largest absolute Gasteiger partial charge is 0.359 e. The van der Waals surface area contributed by atoms with Crippen LogP contribution in [0.5, 0.6) is 0 Å². The highest BCUT2D eigenvalue weighted by Crippen LogP contribution is 2.26. The van der Waals surface area contributed by atoms with Crippen LogP contribution in [0.3, 0.4) is 0 Å². The fourth-order valence-electron chi connectivity index (χ4n) is 2.55. The lowest BCUT2D eigenvalue weighted by Crippen LogP contribution is -2.39. The van der Waals surface area contributed by atoms with E-state index in [4.69, 9.17) is 0 Å². The molecule has 5 amide bonds. The molecule has 0 unspecified atom stereocenters. The van der Waals surface area contributed by atoms with Crippen molar-refractivity contribution in [3.8, 4) is 0 Å². The normalized spacial score (nSPS) is 12.5. The summed E-state index contributed by atoms with van der Waals surface area (Å²) in [7, 11) is 0. The van der Waals surface area contributed by atoms with E-state index in [2.05, 4.69) is 16.0 Å². The lowest BCUT2D eigenvalue weighted by atomic mass is 10.1. The zero-order valence-electron chi connectivity index (χ0n) is 14.4. The van der Waals surface area contributed by atoms with Crippen LogP contribution in [0.4, 0.5) is 10.5 Å². The van der Waals surface area contributed by atoms with E-state index in [-0.39, 0.29) is 35.9 Å². The standard InChI is InChI=1S/C16H19N5O6/c22-10-17-5-1-6-18-16(25)19-7-2-8-20-14(23)12-4-3-11(21(26)27)9-13(12)15(20)24/h3-4,9-10H,1-2,5-8H2,(H,17,22)(H2,18,19,25). The van der Waals surface area contributed by atoms with Gasteiger partial charge in [0.05, 0.1) is 16.1 Å². The minimum absolute atomic E-state index is 0.0174. The maximum Gasteiger partial charge on any atom is 0.314 e. The second-order valence-electron chi connectivity index (χ2n) is 5.71. The fourth-order valence-corrected chi connectivity index (χ4v) is 2.55. The van der Waals surface area contributed by atoms with Gasteiger partial charge < -0.3 is 16.0 Å². The van der Waals surface area contributed by atoms with Gasteiger partial charge >= 0.3 is 6.03 Å². The smallest absolute Gasteiger partial charge is 0.314 e. The number of carbonyl (C=O) groups excluding carboxylic acids is 4. The van der Waals surface area contributed by atoms with E-state index in [9.17, 15) is 29.3 Å². The predicted octanol–water partition coefficient (Wildman–Crippen LogP) is 0.0162. The summed E-state index contributed by atoms with van der Waals surface area (Å²) in [6, 6.07) is 3.17. The van der Waals surface area contributed by atoms with Gasteiger partial charge in [-0.1, -0.05) is 0 Å². The van der Waals surface area contributed by atoms with Gasteiger partial charge in [0.25, 0.3) is 17.5 Å². The molecule has 0 radical (unpaired) electrons. The Labute approximate surface area is 154 Å². The Morgan fingerprint density at radius 3 is 2.41 bits per heavy atom. The van der Waals surface area contributed by atoms with Crippen LogP contribution in [0.2, 0.25) is 0 Å². The van der Waals surface area contributed by atoms with Crippen LogP contribution >= 0.6 is 0 Å². The van der Waals surface area contributed by atoms with Gasteiger partial charge in [-0.3, -0.25) is 29.4 Å². The van der Waals surface area contributed by atoms with Gasteiger partial charge in [-0.25, -0.2) is 4.79 Å². The van der Waals surface area contributed by atoms with Gasteiger partial charge in [-0.2, -0.15) is 0 Å². The van der Waals surface area contributed by atoms with E-state index >= 15 is 0 Å². The number of nitrogens with zero attached hydrogens (tertiary/aromatic N) is 2. The summed E-state index contributed by atoms with van der Waals surface area (Å²) in [5.41, 5.74) is -0.0949. The van der Waals surface area contributed by atoms with Crippen molar-refractivity contribution < 1.29 is 24.1 Å². The molecule has 0 spiro atoms. The van der Waals surface area contributed by atoms with Crippen LogP contribution < -0.4 is 16.0 Å². The number of amides is 5. The maximum absolute atomic E-state index is 12.3. The zero-order valence-corrected chi connectivity index (χ0v) is 14.4. The maximum atomic E-state index is 12.3. The molecule has 1 aliphatic rings. The highest BCUT2D eigenvalue weighted by molar-refractivity contribution is 6.21. The number of imide groups is 1. The number of nitro benzene ring substituents is 1. The minimum Gasteiger partial charge on any atom is -0.359 e. The summed E-state index contributed by atoms with van der Waals surface area (Å²) >= 11 is 0. The number of nitrogens with one attached hydrogen (secondary N) is 3. The molecule has 2 rings (SSSR count). The van der Waals surface area contributed by atoms with Crippen LogP contribution in [0.25, 0.3) is 0 Å². The van der Waals surface area contributed by atoms with Crippen molar-refractivity contribution in [2.24, 2.45) is 0 Å². The molecule has 0 aromatic heterocycles. The molecule has 144 valence electrons. The molecule has 0 aliphatic carbocycles. The Kier molecular flexibility index (Phi) is 6.80. The number of urea groups is 1. The number of fused-ring (bicyclic) bond motifs is 1. The van der Waals surface area contributed by atoms with E-state index in [1.54, 1.807) is 0 Å². The third kappa shape index (κ3) is 5.00. The van der Waals surface area contributed by atoms with E-state index in [1.165, 1.54) is 12.1 Å². The van der Waals surface area contributed by atoms with Crippen LogP contribution in [-0.4, -0.2) is 60.3 Å². The van der Waals surface area contributed by atoms with Gasteiger partial charge in [0, 0.05) is 38.3 Å². The van der Waals surface area contributed by atoms with E-state index < -0.39 is 16.7 Å². The molecule has 1 heterocycles. The van der Waals surface area contributed by atoms with Crippen molar-refractivity contribution >= 4 is 29.9 Å². The van der Waals surface area contributed by atoms with E-state index in [0.717, 1.165) is 11.0 Å². The molecule has 0 saturated heterocycles. The molecule has 11 heteroatoms. The monoisotopic (exact) mass is 377 g/mol. The molecule has 27 heavy (non-hydrogen) atoms. The lowest BCUT2D eigenvalue weighted by Gasteiger charge is -2.14. The van der Waals surface area contributed by atoms with Gasteiger partial charge in [-0.15, -0.1) is 0 Å². The molecule has 0 bridgehead atoms. The first-order chi connectivity index (χ1) is 13.0. The van der Waals surface area contributed by atoms with Crippen molar-refractivity contribution in [2.75, 3.05) is 26.2 Å². The summed E-state index contributed by atoms with van der Waals surface area (Å²) in [5.74, 6) is -1.08. The first-order valence-electron chi connectivity index (χ1n) is 8.29. The molecule has 0 atom stereocenters. The Balaban J connectivity index is 1.76. The molecular formula is C16H19N5O6. The molecular weight excluding hydrogens is 358 g/mol. The molecule has 3 N–H and O–H groups in total. The molecule has 1 aromatic carbocycles. The number of non-ortho nitro benzene ring substituents is 1. The van der Waals surface area contributed by atoms with Crippen molar-refractivity contribution in [2.45, 2.75) is 12.8 Å². The lowest BCUT2D eigenvalue weighted by molar-refractivity contribution is -0.384. The Morgan fingerprint density at radius 1 is 1.07 bits per heavy atom. The van der Waals surface area contributed by atoms with Crippen LogP contribution in [0, 0.1) is 10.1 Å². The molecule has 0 saturated carbocycles. The average molecular weight is 377 g/mol. The van der Waals surface area contributed by atoms with Crippen LogP contribution in [0.1, 0.15) is 33.6 Å². The molecule has 11 nitrogen and oxygen atoms in total. The van der Waals surface area contributed by atoms with Crippen molar-refractivity contribution in [1.29, 1.82) is 0 Å². The van der Waals surface area contributed by atoms with E-state index in [1.807, 2.05) is 0 Å². The quantitative estimate of drug-likeness (QED) is 0.172. The predicted molar refractivity (Wildman–Crippen MR) is 93.2 cm³/mol. The highest BCUT2D eigenvalue weighted by atomic mass is 16.6. The van der Waals surface area contributed by atoms with Crippen molar-refractivity contribution in [1.82, 2.24) is 20.9 Å². The molecule has 1 aromatic rings. The number of hydrogen-bond acceptors (Lipinski definition) is 6. The van der Waals surface area contributed by atoms with Crippen molar-refractivity contribution in [3.63, 3.8) is 0 Å². The number of benzene rings is 1. The molecule has 0 fully saturated rings. The minimum atomic E-state index is -0.627. The third-order valence-corrected chi connectivity index (χ3v) is 3.88. The highest BCUT2D eigenvalue weighted by Gasteiger charge is 2.36. The zero-order chi connectivity index (χ0) is 19.8. The van der Waals surface area contributed by atoms with E-state index in [0.29, 0.717) is 32.3 Å². The number of hydrogen-bond donors (Lipinski definition) is 3. The fraction of sp³-hybridized carbons (Fsp3) is 0.375. The Hall–Kier alpha value is -3.50. The van der Waals surface area contributed by atoms with Gasteiger partial charge in [-0.05, 0) is 18.9 Å². The second kappa shape index (κ2) is 9.27. The SMILES string of the molecule is O=CNCCCNC(=O)NCCCN1C(=O)c2ccc([N+](=O)[O-])cc2C1=O. The summed E-state index contributed by atoms with van der Waals surface area (Å²) in [5, 5.41) is 18.5. The van der Waals surface area contributed by atoms with Crippen LogP contribution in [0.15, 0.2) is 18.2 Å². The van der Waals surface area contributed by atoms with Crippen molar-refractivity contribution in [3.05, 3.63) is 39.4 Å². The summed E-state index contributed by atoms with van der Waals surface area (Å²) in [4.78, 5) is 57.3. The topological polar surface area (TPSA) is 151 Å². The average Bonchev–Trinajstić information content (AvgIpc) is 2.89. The number of nitro groups is 1. The first kappa shape index (κ1) is 19.8. The van der Waals surface area contributed by atoms with Gasteiger partial charge in [0.1, 0.15) is 0 Å². The first-order valence-corrected chi connectivity index (χ1v) is 8.29. The molecule has 1 aliphatic heterocycles. The van der Waals surface area contributed by atoms with Gasteiger partial charge in [0.15, 0.2) is 0 Å². The number of rotatable bonds is 10. The Morgan fingerprint density at radius 2 is 1.74 bits per heavy atom. The summed E-state index contributed by atoms with van der Waals surface area (Å²) in [6.45, 7) is 1.18. The summed E-state index contributed by atoms with van der Waals surface area (Å²) in [6.07, 6.45) is 1.51. The Bertz CT molecular complexity index is 766. The summed E-state index contributed by atoms with van der Waals surface area (Å²) < 4.78 is 0. The van der Waals surface area contributed by atoms with Gasteiger partial charge in [0.2, 0.25) is 6.41 Å². The third-order valence-electron chi connectivity index (χ3n) is 3.88. The van der Waals surface area contributed by atoms with Crippen LogP contribution in [-0.2, 0) is 4.79 Å². The second-order valence-corrected chi connectivity index (χ2v) is 5.71. The number of carbonyl (C=O) groups is 4.